The predicted octanol–water partition coefficient (Wildman–Crippen LogP) is 4.98. The first-order valence-corrected chi connectivity index (χ1v) is 9.03. The van der Waals surface area contributed by atoms with E-state index in [1.807, 2.05) is 60.7 Å². The molecule has 0 saturated carbocycles. The number of aromatic nitrogens is 1. The van der Waals surface area contributed by atoms with Crippen molar-refractivity contribution in [1.82, 2.24) is 4.98 Å². The second kappa shape index (κ2) is 8.37. The van der Waals surface area contributed by atoms with Crippen LogP contribution in [0.4, 0.5) is 5.82 Å². The van der Waals surface area contributed by atoms with Crippen LogP contribution in [-0.4, -0.2) is 4.98 Å². The van der Waals surface area contributed by atoms with E-state index in [-0.39, 0.29) is 5.82 Å². The zero-order chi connectivity index (χ0) is 19.2. The molecule has 0 aliphatic carbocycles. The molecular weight excluding hydrogens is 334 g/mol. The fourth-order valence-corrected chi connectivity index (χ4v) is 2.96. The number of hydrogen-bond donors (Lipinski definition) is 1. The lowest BCUT2D eigenvalue weighted by molar-refractivity contribution is 0.306. The maximum atomic E-state index is 9.50. The van der Waals surface area contributed by atoms with E-state index in [1.54, 1.807) is 0 Å². The molecule has 0 spiro atoms. The Morgan fingerprint density at radius 2 is 1.78 bits per heavy atom. The number of hydrogen-bond acceptors (Lipinski definition) is 4. The minimum Gasteiger partial charge on any atom is -0.489 e. The molecule has 4 nitrogen and oxygen atoms in total. The van der Waals surface area contributed by atoms with Gasteiger partial charge in [0.05, 0.1) is 0 Å². The fourth-order valence-electron chi connectivity index (χ4n) is 2.96. The molecule has 4 heteroatoms. The van der Waals surface area contributed by atoms with Crippen LogP contribution in [0.1, 0.15) is 30.7 Å². The first-order chi connectivity index (χ1) is 13.1. The van der Waals surface area contributed by atoms with Gasteiger partial charge >= 0.3 is 0 Å². The van der Waals surface area contributed by atoms with Crippen molar-refractivity contribution in [1.29, 1.82) is 5.26 Å². The molecule has 0 fully saturated rings. The highest BCUT2D eigenvalue weighted by molar-refractivity contribution is 5.76. The van der Waals surface area contributed by atoms with Crippen LogP contribution in [-0.2, 0) is 13.0 Å². The predicted molar refractivity (Wildman–Crippen MR) is 108 cm³/mol. The number of pyridine rings is 1. The van der Waals surface area contributed by atoms with Gasteiger partial charge in [-0.1, -0.05) is 56.3 Å². The summed E-state index contributed by atoms with van der Waals surface area (Å²) in [6.07, 6.45) is 0.821. The number of benzene rings is 2. The topological polar surface area (TPSA) is 71.9 Å². The van der Waals surface area contributed by atoms with Crippen LogP contribution in [0.15, 0.2) is 60.7 Å². The third-order valence-corrected chi connectivity index (χ3v) is 4.24. The first-order valence-electron chi connectivity index (χ1n) is 9.03. The summed E-state index contributed by atoms with van der Waals surface area (Å²) in [5, 5.41) is 9.50. The van der Waals surface area contributed by atoms with E-state index in [9.17, 15) is 5.26 Å². The van der Waals surface area contributed by atoms with Crippen molar-refractivity contribution in [2.45, 2.75) is 26.9 Å². The van der Waals surface area contributed by atoms with Crippen LogP contribution >= 0.6 is 0 Å². The quantitative estimate of drug-likeness (QED) is 0.675. The number of anilines is 1. The summed E-state index contributed by atoms with van der Waals surface area (Å²) in [5.41, 5.74) is 10.2. The van der Waals surface area contributed by atoms with E-state index < -0.39 is 0 Å². The monoisotopic (exact) mass is 357 g/mol. The Balaban J connectivity index is 1.83. The van der Waals surface area contributed by atoms with Gasteiger partial charge in [0.1, 0.15) is 29.8 Å². The minimum absolute atomic E-state index is 0.287. The maximum Gasteiger partial charge on any atom is 0.142 e. The Morgan fingerprint density at radius 3 is 2.41 bits per heavy atom. The van der Waals surface area contributed by atoms with Crippen molar-refractivity contribution in [3.8, 4) is 22.9 Å². The summed E-state index contributed by atoms with van der Waals surface area (Å²) in [4.78, 5) is 4.38. The molecule has 2 aromatic carbocycles. The van der Waals surface area contributed by atoms with Crippen molar-refractivity contribution in [2.24, 2.45) is 5.92 Å². The van der Waals surface area contributed by atoms with Crippen LogP contribution in [0.5, 0.6) is 5.75 Å². The maximum absolute atomic E-state index is 9.50. The highest BCUT2D eigenvalue weighted by atomic mass is 16.5. The summed E-state index contributed by atoms with van der Waals surface area (Å²) < 4.78 is 5.84. The van der Waals surface area contributed by atoms with E-state index in [0.717, 1.165) is 34.6 Å². The first kappa shape index (κ1) is 18.5. The number of nitrogens with zero attached hydrogens (tertiary/aromatic N) is 2. The zero-order valence-electron chi connectivity index (χ0n) is 15.6. The third-order valence-electron chi connectivity index (χ3n) is 4.24. The van der Waals surface area contributed by atoms with Crippen molar-refractivity contribution in [2.75, 3.05) is 5.73 Å². The molecule has 0 amide bonds. The molecule has 0 aliphatic rings. The van der Waals surface area contributed by atoms with Gasteiger partial charge in [-0.15, -0.1) is 0 Å². The van der Waals surface area contributed by atoms with E-state index >= 15 is 0 Å². The molecule has 0 saturated heterocycles. The number of nitriles is 1. The Hall–Kier alpha value is -3.32. The lowest BCUT2D eigenvalue weighted by Gasteiger charge is -2.12. The summed E-state index contributed by atoms with van der Waals surface area (Å²) in [6, 6.07) is 21.9. The van der Waals surface area contributed by atoms with Gasteiger partial charge in [0.2, 0.25) is 0 Å². The van der Waals surface area contributed by atoms with Gasteiger partial charge < -0.3 is 10.5 Å². The fraction of sp³-hybridized carbons (Fsp3) is 0.217. The van der Waals surface area contributed by atoms with Crippen molar-refractivity contribution in [3.05, 3.63) is 77.5 Å². The average molecular weight is 357 g/mol. The van der Waals surface area contributed by atoms with Gasteiger partial charge in [-0.3, -0.25) is 0 Å². The highest BCUT2D eigenvalue weighted by Crippen LogP contribution is 2.29. The van der Waals surface area contributed by atoms with Crippen LogP contribution < -0.4 is 10.5 Å². The van der Waals surface area contributed by atoms with Gasteiger partial charge in [-0.05, 0) is 41.7 Å². The normalized spacial score (nSPS) is 10.6. The molecule has 3 aromatic rings. The lowest BCUT2D eigenvalue weighted by Crippen LogP contribution is -2.04. The van der Waals surface area contributed by atoms with Gasteiger partial charge in [-0.25, -0.2) is 4.98 Å². The van der Waals surface area contributed by atoms with Gasteiger partial charge in [0, 0.05) is 11.3 Å². The Kier molecular flexibility index (Phi) is 5.73. The number of ether oxygens (including phenoxy) is 1. The smallest absolute Gasteiger partial charge is 0.142 e. The summed E-state index contributed by atoms with van der Waals surface area (Å²) in [6.45, 7) is 4.79. The zero-order valence-corrected chi connectivity index (χ0v) is 15.6. The number of nitrogen functional groups attached to an aromatic ring is 1. The third kappa shape index (κ3) is 4.65. The molecular formula is C23H23N3O. The highest BCUT2D eigenvalue weighted by Gasteiger charge is 2.13. The number of nitrogens with two attached hydrogens (primary N) is 1. The second-order valence-electron chi connectivity index (χ2n) is 6.93. The molecule has 3 rings (SSSR count). The molecule has 0 radical (unpaired) electrons. The molecule has 0 unspecified atom stereocenters. The van der Waals surface area contributed by atoms with Crippen molar-refractivity contribution >= 4 is 5.82 Å². The van der Waals surface area contributed by atoms with Crippen molar-refractivity contribution in [3.63, 3.8) is 0 Å². The Morgan fingerprint density at radius 1 is 1.07 bits per heavy atom. The van der Waals surface area contributed by atoms with Gasteiger partial charge in [0.25, 0.3) is 0 Å². The van der Waals surface area contributed by atoms with Crippen LogP contribution in [0.2, 0.25) is 0 Å². The Bertz CT molecular complexity index is 942. The van der Waals surface area contributed by atoms with E-state index in [0.29, 0.717) is 18.1 Å². The summed E-state index contributed by atoms with van der Waals surface area (Å²) >= 11 is 0. The second-order valence-corrected chi connectivity index (χ2v) is 6.93. The molecule has 136 valence electrons. The van der Waals surface area contributed by atoms with E-state index in [4.69, 9.17) is 10.5 Å². The largest absolute Gasteiger partial charge is 0.489 e. The molecule has 2 N–H and O–H groups in total. The van der Waals surface area contributed by atoms with Crippen molar-refractivity contribution < 1.29 is 4.74 Å². The van der Waals surface area contributed by atoms with Gasteiger partial charge in [-0.2, -0.15) is 5.26 Å². The van der Waals surface area contributed by atoms with Gasteiger partial charge in [0.15, 0.2) is 0 Å². The van der Waals surface area contributed by atoms with Crippen LogP contribution in [0, 0.1) is 17.2 Å². The molecule has 0 bridgehead atoms. The molecule has 1 heterocycles. The lowest BCUT2D eigenvalue weighted by atomic mass is 9.98. The van der Waals surface area contributed by atoms with E-state index in [1.165, 1.54) is 0 Å². The summed E-state index contributed by atoms with van der Waals surface area (Å²) in [7, 11) is 0. The SMILES string of the molecule is CC(C)Cc1cc(-c2ccc(OCc3ccccc3)cc2)c(C#N)c(N)n1. The van der Waals surface area contributed by atoms with Crippen LogP contribution in [0.3, 0.4) is 0 Å². The average Bonchev–Trinajstić information content (AvgIpc) is 2.67. The standard InChI is InChI=1S/C23H23N3O/c1-16(2)12-19-13-21(22(14-24)23(25)26-19)18-8-10-20(11-9-18)27-15-17-6-4-3-5-7-17/h3-11,13,16H,12,15H2,1-2H3,(H2,25,26). The molecule has 0 aliphatic heterocycles. The number of rotatable bonds is 6. The minimum atomic E-state index is 0.287. The Labute approximate surface area is 160 Å². The molecule has 1 aromatic heterocycles. The van der Waals surface area contributed by atoms with E-state index in [2.05, 4.69) is 24.9 Å². The molecule has 27 heavy (non-hydrogen) atoms. The molecule has 0 atom stereocenters. The summed E-state index contributed by atoms with van der Waals surface area (Å²) in [5.74, 6) is 1.53. The van der Waals surface area contributed by atoms with Crippen LogP contribution in [0.25, 0.3) is 11.1 Å².